The minimum absolute atomic E-state index is 0.0294. The van der Waals surface area contributed by atoms with Gasteiger partial charge in [-0.1, -0.05) is 6.42 Å². The number of hydrogen-bond acceptors (Lipinski definition) is 6. The predicted octanol–water partition coefficient (Wildman–Crippen LogP) is 1.79. The molecule has 0 heterocycles. The number of hydrogen-bond donors (Lipinski definition) is 2. The average Bonchev–Trinajstić information content (AvgIpc) is 2.60. The zero-order chi connectivity index (χ0) is 18.4. The summed E-state index contributed by atoms with van der Waals surface area (Å²) in [5, 5.41) is 14.1. The van der Waals surface area contributed by atoms with Gasteiger partial charge in [0.15, 0.2) is 11.5 Å². The van der Waals surface area contributed by atoms with Crippen LogP contribution in [0.25, 0.3) is 0 Å². The molecule has 1 saturated carbocycles. The highest BCUT2D eigenvalue weighted by Crippen LogP contribution is 2.34. The number of amides is 1. The second-order valence-electron chi connectivity index (χ2n) is 6.26. The van der Waals surface area contributed by atoms with Gasteiger partial charge in [0, 0.05) is 24.1 Å². The Bertz CT molecular complexity index is 635. The van der Waals surface area contributed by atoms with E-state index in [1.54, 1.807) is 6.07 Å². The van der Waals surface area contributed by atoms with E-state index in [-0.39, 0.29) is 23.6 Å². The van der Waals surface area contributed by atoms with E-state index in [9.17, 15) is 14.9 Å². The van der Waals surface area contributed by atoms with Gasteiger partial charge in [0.2, 0.25) is 5.91 Å². The SMILES string of the molecule is COc1cc(CCNC(=O)C2CCCC(N)C2)c([N+](=O)[O-])cc1OC. The summed E-state index contributed by atoms with van der Waals surface area (Å²) in [5.41, 5.74) is 6.35. The lowest BCUT2D eigenvalue weighted by atomic mass is 9.85. The summed E-state index contributed by atoms with van der Waals surface area (Å²) in [7, 11) is 2.90. The lowest BCUT2D eigenvalue weighted by molar-refractivity contribution is -0.385. The number of nitro benzene ring substituents is 1. The molecule has 8 heteroatoms. The Balaban J connectivity index is 2.01. The van der Waals surface area contributed by atoms with Crippen molar-refractivity contribution in [2.24, 2.45) is 11.7 Å². The molecule has 0 spiro atoms. The van der Waals surface area contributed by atoms with E-state index >= 15 is 0 Å². The monoisotopic (exact) mass is 351 g/mol. The third kappa shape index (κ3) is 4.82. The van der Waals surface area contributed by atoms with E-state index in [4.69, 9.17) is 15.2 Å². The van der Waals surface area contributed by atoms with Crippen LogP contribution in [0.4, 0.5) is 5.69 Å². The van der Waals surface area contributed by atoms with E-state index in [0.717, 1.165) is 19.3 Å². The van der Waals surface area contributed by atoms with Crippen molar-refractivity contribution in [1.82, 2.24) is 5.32 Å². The first-order valence-electron chi connectivity index (χ1n) is 8.38. The Morgan fingerprint density at radius 1 is 1.32 bits per heavy atom. The van der Waals surface area contributed by atoms with E-state index in [1.165, 1.54) is 20.3 Å². The van der Waals surface area contributed by atoms with Crippen LogP contribution in [0.15, 0.2) is 12.1 Å². The van der Waals surface area contributed by atoms with E-state index in [1.807, 2.05) is 0 Å². The number of nitrogens with one attached hydrogen (secondary N) is 1. The molecular weight excluding hydrogens is 326 g/mol. The van der Waals surface area contributed by atoms with Crippen molar-refractivity contribution in [1.29, 1.82) is 0 Å². The first-order chi connectivity index (χ1) is 12.0. The van der Waals surface area contributed by atoms with Gasteiger partial charge in [-0.25, -0.2) is 0 Å². The highest BCUT2D eigenvalue weighted by atomic mass is 16.6. The van der Waals surface area contributed by atoms with Crippen LogP contribution in [0.1, 0.15) is 31.2 Å². The van der Waals surface area contributed by atoms with Crippen molar-refractivity contribution in [3.05, 3.63) is 27.8 Å². The van der Waals surface area contributed by atoms with Crippen LogP contribution in [-0.2, 0) is 11.2 Å². The fraction of sp³-hybridized carbons (Fsp3) is 0.588. The average molecular weight is 351 g/mol. The smallest absolute Gasteiger partial charge is 0.276 e. The van der Waals surface area contributed by atoms with Gasteiger partial charge in [0.25, 0.3) is 5.69 Å². The number of nitrogens with two attached hydrogens (primary N) is 1. The molecular formula is C17H25N3O5. The van der Waals surface area contributed by atoms with E-state index in [2.05, 4.69) is 5.32 Å². The van der Waals surface area contributed by atoms with Gasteiger partial charge in [-0.3, -0.25) is 14.9 Å². The Morgan fingerprint density at radius 2 is 2.00 bits per heavy atom. The summed E-state index contributed by atoms with van der Waals surface area (Å²) in [6, 6.07) is 3.01. The molecule has 2 atom stereocenters. The van der Waals surface area contributed by atoms with Crippen LogP contribution in [0.5, 0.6) is 11.5 Å². The molecule has 8 nitrogen and oxygen atoms in total. The lowest BCUT2D eigenvalue weighted by Crippen LogP contribution is -2.38. The van der Waals surface area contributed by atoms with Gasteiger partial charge >= 0.3 is 0 Å². The summed E-state index contributed by atoms with van der Waals surface area (Å²) in [5.74, 6) is 0.633. The molecule has 0 bridgehead atoms. The van der Waals surface area contributed by atoms with Gasteiger partial charge in [0.05, 0.1) is 25.2 Å². The maximum absolute atomic E-state index is 12.2. The van der Waals surface area contributed by atoms with Gasteiger partial charge in [-0.05, 0) is 31.7 Å². The Kier molecular flexibility index (Phi) is 6.58. The molecule has 1 aromatic rings. The standard InChI is InChI=1S/C17H25N3O5/c1-24-15-9-11(14(20(22)23)10-16(15)25-2)6-7-19-17(21)12-4-3-5-13(18)8-12/h9-10,12-13H,3-8,18H2,1-2H3,(H,19,21). The van der Waals surface area contributed by atoms with E-state index < -0.39 is 4.92 Å². The lowest BCUT2D eigenvalue weighted by Gasteiger charge is -2.25. The highest BCUT2D eigenvalue weighted by Gasteiger charge is 2.25. The van der Waals surface area contributed by atoms with Gasteiger partial charge in [-0.15, -0.1) is 0 Å². The first kappa shape index (κ1) is 19.0. The summed E-state index contributed by atoms with van der Waals surface area (Å²) in [6.45, 7) is 0.320. The first-order valence-corrected chi connectivity index (χ1v) is 8.38. The Morgan fingerprint density at radius 3 is 2.60 bits per heavy atom. The summed E-state index contributed by atoms with van der Waals surface area (Å²) in [6.07, 6.45) is 3.79. The number of methoxy groups -OCH3 is 2. The maximum atomic E-state index is 12.2. The normalized spacial score (nSPS) is 20.0. The largest absolute Gasteiger partial charge is 0.493 e. The van der Waals surface area contributed by atoms with Crippen LogP contribution in [0.3, 0.4) is 0 Å². The third-order valence-electron chi connectivity index (χ3n) is 4.56. The van der Waals surface area contributed by atoms with Crippen molar-refractivity contribution >= 4 is 11.6 Å². The zero-order valence-electron chi connectivity index (χ0n) is 14.6. The highest BCUT2D eigenvalue weighted by molar-refractivity contribution is 5.78. The number of carbonyl (C=O) groups excluding carboxylic acids is 1. The molecule has 25 heavy (non-hydrogen) atoms. The quantitative estimate of drug-likeness (QED) is 0.571. The molecule has 1 aliphatic carbocycles. The third-order valence-corrected chi connectivity index (χ3v) is 4.56. The zero-order valence-corrected chi connectivity index (χ0v) is 14.6. The molecule has 0 aromatic heterocycles. The van der Waals surface area contributed by atoms with Crippen molar-refractivity contribution in [2.75, 3.05) is 20.8 Å². The minimum atomic E-state index is -0.459. The second-order valence-corrected chi connectivity index (χ2v) is 6.26. The van der Waals surface area contributed by atoms with Gasteiger partial charge in [0.1, 0.15) is 0 Å². The van der Waals surface area contributed by atoms with Crippen LogP contribution in [-0.4, -0.2) is 37.6 Å². The Hall–Kier alpha value is -2.35. The molecule has 3 N–H and O–H groups in total. The minimum Gasteiger partial charge on any atom is -0.493 e. The topological polar surface area (TPSA) is 117 Å². The summed E-state index contributed by atoms with van der Waals surface area (Å²) < 4.78 is 10.3. The number of ether oxygens (including phenoxy) is 2. The molecule has 0 radical (unpaired) electrons. The maximum Gasteiger partial charge on any atom is 0.276 e. The summed E-state index contributed by atoms with van der Waals surface area (Å²) >= 11 is 0. The predicted molar refractivity (Wildman–Crippen MR) is 92.8 cm³/mol. The van der Waals surface area contributed by atoms with Crippen molar-refractivity contribution in [3.63, 3.8) is 0 Å². The van der Waals surface area contributed by atoms with Crippen LogP contribution in [0.2, 0.25) is 0 Å². The number of carbonyl (C=O) groups is 1. The molecule has 1 fully saturated rings. The van der Waals surface area contributed by atoms with Crippen LogP contribution >= 0.6 is 0 Å². The molecule has 138 valence electrons. The fourth-order valence-electron chi connectivity index (χ4n) is 3.21. The number of nitro groups is 1. The molecule has 2 unspecified atom stereocenters. The van der Waals surface area contributed by atoms with Crippen molar-refractivity contribution in [3.8, 4) is 11.5 Å². The van der Waals surface area contributed by atoms with Gasteiger partial charge < -0.3 is 20.5 Å². The number of benzene rings is 1. The van der Waals surface area contributed by atoms with E-state index in [0.29, 0.717) is 36.4 Å². The fourth-order valence-corrected chi connectivity index (χ4v) is 3.21. The molecule has 1 aliphatic rings. The number of nitrogens with zero attached hydrogens (tertiary/aromatic N) is 1. The van der Waals surface area contributed by atoms with Crippen molar-refractivity contribution < 1.29 is 19.2 Å². The van der Waals surface area contributed by atoms with Crippen molar-refractivity contribution in [2.45, 2.75) is 38.1 Å². The van der Waals surface area contributed by atoms with Crippen LogP contribution in [0, 0.1) is 16.0 Å². The van der Waals surface area contributed by atoms with Gasteiger partial charge in [-0.2, -0.15) is 0 Å². The molecule has 0 aliphatic heterocycles. The number of rotatable bonds is 7. The molecule has 0 saturated heterocycles. The molecule has 1 amide bonds. The second kappa shape index (κ2) is 8.66. The summed E-state index contributed by atoms with van der Waals surface area (Å²) in [4.78, 5) is 23.0. The van der Waals surface area contributed by atoms with Crippen LogP contribution < -0.4 is 20.5 Å². The Labute approximate surface area is 146 Å². The molecule has 2 rings (SSSR count). The molecule has 1 aromatic carbocycles.